The second-order valence-corrected chi connectivity index (χ2v) is 5.26. The Balaban J connectivity index is 1.75. The van der Waals surface area contributed by atoms with Gasteiger partial charge in [-0.3, -0.25) is 5.10 Å². The molecule has 1 aliphatic heterocycles. The average molecular weight is 276 g/mol. The van der Waals surface area contributed by atoms with Crippen molar-refractivity contribution < 1.29 is 14.3 Å². The van der Waals surface area contributed by atoms with Gasteiger partial charge in [-0.15, -0.1) is 0 Å². The summed E-state index contributed by atoms with van der Waals surface area (Å²) in [5.41, 5.74) is 1.46. The van der Waals surface area contributed by atoms with Crippen molar-refractivity contribution in [1.29, 1.82) is 0 Å². The highest BCUT2D eigenvalue weighted by Gasteiger charge is 2.37. The third-order valence-electron chi connectivity index (χ3n) is 3.49. The number of fused-ring (bicyclic) bond motifs is 1. The Labute approximate surface area is 115 Å². The SMILES string of the molecule is Cn1ccnc1COC(=O)c1n[nH]c2c1COC2(C)C. The molecule has 3 heterocycles. The number of ether oxygens (including phenoxy) is 2. The van der Waals surface area contributed by atoms with Crippen LogP contribution < -0.4 is 0 Å². The third kappa shape index (κ3) is 2.00. The molecule has 0 spiro atoms. The summed E-state index contributed by atoms with van der Waals surface area (Å²) in [4.78, 5) is 16.2. The van der Waals surface area contributed by atoms with Crippen LogP contribution in [0.25, 0.3) is 0 Å². The lowest BCUT2D eigenvalue weighted by atomic mass is 10.0. The molecule has 7 nitrogen and oxygen atoms in total. The zero-order chi connectivity index (χ0) is 14.3. The second kappa shape index (κ2) is 4.45. The number of esters is 1. The first-order chi connectivity index (χ1) is 9.49. The number of aromatic nitrogens is 4. The van der Waals surface area contributed by atoms with E-state index in [0.29, 0.717) is 18.1 Å². The molecule has 0 unspecified atom stereocenters. The zero-order valence-electron chi connectivity index (χ0n) is 11.6. The fourth-order valence-electron chi connectivity index (χ4n) is 2.23. The van der Waals surface area contributed by atoms with Crippen molar-refractivity contribution in [3.63, 3.8) is 0 Å². The van der Waals surface area contributed by atoms with Gasteiger partial charge in [0.2, 0.25) is 0 Å². The van der Waals surface area contributed by atoms with Crippen LogP contribution in [0.5, 0.6) is 0 Å². The number of nitrogens with one attached hydrogen (secondary N) is 1. The highest BCUT2D eigenvalue weighted by atomic mass is 16.5. The Kier molecular flexibility index (Phi) is 2.86. The molecule has 20 heavy (non-hydrogen) atoms. The molecular formula is C13H16N4O3. The number of carbonyl (C=O) groups excluding carboxylic acids is 1. The highest BCUT2D eigenvalue weighted by molar-refractivity contribution is 5.89. The van der Waals surface area contributed by atoms with Gasteiger partial charge in [0.25, 0.3) is 0 Å². The number of nitrogens with zero attached hydrogens (tertiary/aromatic N) is 3. The molecule has 0 radical (unpaired) electrons. The summed E-state index contributed by atoms with van der Waals surface area (Å²) < 4.78 is 12.7. The van der Waals surface area contributed by atoms with E-state index in [4.69, 9.17) is 9.47 Å². The second-order valence-electron chi connectivity index (χ2n) is 5.26. The van der Waals surface area contributed by atoms with Crippen LogP contribution >= 0.6 is 0 Å². The number of rotatable bonds is 3. The summed E-state index contributed by atoms with van der Waals surface area (Å²) in [5.74, 6) is 0.217. The summed E-state index contributed by atoms with van der Waals surface area (Å²) in [6.45, 7) is 4.35. The fourth-order valence-corrected chi connectivity index (χ4v) is 2.23. The summed E-state index contributed by atoms with van der Waals surface area (Å²) >= 11 is 0. The van der Waals surface area contributed by atoms with Crippen LogP contribution in [0, 0.1) is 0 Å². The first-order valence-corrected chi connectivity index (χ1v) is 6.34. The fraction of sp³-hybridized carbons (Fsp3) is 0.462. The van der Waals surface area contributed by atoms with E-state index in [0.717, 1.165) is 11.3 Å². The topological polar surface area (TPSA) is 82.0 Å². The van der Waals surface area contributed by atoms with Gasteiger partial charge in [0.05, 0.1) is 12.3 Å². The molecular weight excluding hydrogens is 260 g/mol. The van der Waals surface area contributed by atoms with E-state index in [1.165, 1.54) is 0 Å². The third-order valence-corrected chi connectivity index (χ3v) is 3.49. The molecule has 7 heteroatoms. The number of aromatic amines is 1. The normalized spacial score (nSPS) is 16.1. The van der Waals surface area contributed by atoms with Crippen molar-refractivity contribution in [2.24, 2.45) is 7.05 Å². The molecule has 106 valence electrons. The molecule has 0 fully saturated rings. The summed E-state index contributed by atoms with van der Waals surface area (Å²) in [5, 5.41) is 6.91. The number of aryl methyl sites for hydroxylation is 1. The van der Waals surface area contributed by atoms with E-state index in [1.54, 1.807) is 17.0 Å². The van der Waals surface area contributed by atoms with Gasteiger partial charge in [-0.2, -0.15) is 5.10 Å². The van der Waals surface area contributed by atoms with Crippen LogP contribution in [0.4, 0.5) is 0 Å². The van der Waals surface area contributed by atoms with Crippen molar-refractivity contribution in [1.82, 2.24) is 19.7 Å². The van der Waals surface area contributed by atoms with E-state index < -0.39 is 11.6 Å². The van der Waals surface area contributed by atoms with Gasteiger partial charge in [-0.05, 0) is 13.8 Å². The molecule has 3 rings (SSSR count). The van der Waals surface area contributed by atoms with Crippen LogP contribution in [0.1, 0.15) is 41.4 Å². The van der Waals surface area contributed by atoms with Crippen LogP contribution in [0.2, 0.25) is 0 Å². The van der Waals surface area contributed by atoms with Gasteiger partial charge >= 0.3 is 5.97 Å². The van der Waals surface area contributed by atoms with Crippen molar-refractivity contribution in [3.05, 3.63) is 35.2 Å². The summed E-state index contributed by atoms with van der Waals surface area (Å²) in [6.07, 6.45) is 3.46. The molecule has 0 aromatic carbocycles. The monoisotopic (exact) mass is 276 g/mol. The Morgan fingerprint density at radius 2 is 2.40 bits per heavy atom. The van der Waals surface area contributed by atoms with Crippen LogP contribution in [0.3, 0.4) is 0 Å². The molecule has 0 saturated carbocycles. The van der Waals surface area contributed by atoms with E-state index in [9.17, 15) is 4.79 Å². The first kappa shape index (κ1) is 12.9. The largest absolute Gasteiger partial charge is 0.453 e. The minimum Gasteiger partial charge on any atom is -0.453 e. The Morgan fingerprint density at radius 3 is 3.10 bits per heavy atom. The molecule has 2 aromatic heterocycles. The van der Waals surface area contributed by atoms with Crippen molar-refractivity contribution in [2.45, 2.75) is 32.7 Å². The number of hydrogen-bond acceptors (Lipinski definition) is 5. The van der Waals surface area contributed by atoms with Crippen LogP contribution in [-0.2, 0) is 35.3 Å². The average Bonchev–Trinajstić information content (AvgIpc) is 3.05. The Hall–Kier alpha value is -2.15. The Morgan fingerprint density at radius 1 is 1.60 bits per heavy atom. The standard InChI is InChI=1S/C13H16N4O3/c1-13(2)11-8(6-20-13)10(15-16-11)12(18)19-7-9-14-4-5-17(9)3/h4-5H,6-7H2,1-3H3,(H,15,16). The smallest absolute Gasteiger partial charge is 0.359 e. The predicted molar refractivity (Wildman–Crippen MR) is 68.7 cm³/mol. The minimum absolute atomic E-state index is 0.119. The van der Waals surface area contributed by atoms with Gasteiger partial charge in [-0.25, -0.2) is 9.78 Å². The lowest BCUT2D eigenvalue weighted by Gasteiger charge is -2.15. The molecule has 0 atom stereocenters. The number of imidazole rings is 1. The summed E-state index contributed by atoms with van der Waals surface area (Å²) in [7, 11) is 1.85. The lowest BCUT2D eigenvalue weighted by molar-refractivity contribution is -0.0117. The zero-order valence-corrected chi connectivity index (χ0v) is 11.6. The molecule has 1 aliphatic rings. The molecule has 2 aromatic rings. The van der Waals surface area contributed by atoms with Gasteiger partial charge in [0.1, 0.15) is 18.0 Å². The van der Waals surface area contributed by atoms with Gasteiger partial charge < -0.3 is 14.0 Å². The number of H-pyrrole nitrogens is 1. The van der Waals surface area contributed by atoms with E-state index >= 15 is 0 Å². The highest BCUT2D eigenvalue weighted by Crippen LogP contribution is 2.35. The molecule has 0 aliphatic carbocycles. The van der Waals surface area contributed by atoms with Gasteiger partial charge in [0, 0.05) is 25.0 Å². The van der Waals surface area contributed by atoms with Crippen LogP contribution in [-0.4, -0.2) is 25.7 Å². The minimum atomic E-state index is -0.466. The molecule has 0 saturated heterocycles. The first-order valence-electron chi connectivity index (χ1n) is 6.34. The van der Waals surface area contributed by atoms with Crippen molar-refractivity contribution >= 4 is 5.97 Å². The lowest BCUT2D eigenvalue weighted by Crippen LogP contribution is -2.15. The maximum Gasteiger partial charge on any atom is 0.359 e. The van der Waals surface area contributed by atoms with Gasteiger partial charge in [0.15, 0.2) is 5.69 Å². The maximum atomic E-state index is 12.1. The number of hydrogen-bond donors (Lipinski definition) is 1. The maximum absolute atomic E-state index is 12.1. The summed E-state index contributed by atoms with van der Waals surface area (Å²) in [6, 6.07) is 0. The van der Waals surface area contributed by atoms with E-state index in [-0.39, 0.29) is 6.61 Å². The predicted octanol–water partition coefficient (Wildman–Crippen LogP) is 1.27. The van der Waals surface area contributed by atoms with Gasteiger partial charge in [-0.1, -0.05) is 0 Å². The van der Waals surface area contributed by atoms with Crippen molar-refractivity contribution in [3.8, 4) is 0 Å². The molecule has 1 N–H and O–H groups in total. The van der Waals surface area contributed by atoms with Crippen molar-refractivity contribution in [2.75, 3.05) is 0 Å². The number of carbonyl (C=O) groups is 1. The van der Waals surface area contributed by atoms with Crippen LogP contribution in [0.15, 0.2) is 12.4 Å². The van der Waals surface area contributed by atoms with E-state index in [2.05, 4.69) is 15.2 Å². The quantitative estimate of drug-likeness (QED) is 0.854. The molecule has 0 amide bonds. The Bertz CT molecular complexity index is 656. The molecule has 0 bridgehead atoms. The van der Waals surface area contributed by atoms with E-state index in [1.807, 2.05) is 20.9 Å².